The molecule has 1 heterocycles. The van der Waals surface area contributed by atoms with E-state index in [1.807, 2.05) is 30.3 Å². The zero-order valence-corrected chi connectivity index (χ0v) is 16.5. The Morgan fingerprint density at radius 1 is 1.07 bits per heavy atom. The third-order valence-corrected chi connectivity index (χ3v) is 4.94. The van der Waals surface area contributed by atoms with Crippen LogP contribution in [0.4, 0.5) is 0 Å². The predicted octanol–water partition coefficient (Wildman–Crippen LogP) is 3.58. The molecule has 6 nitrogen and oxygen atoms in total. The van der Waals surface area contributed by atoms with E-state index in [2.05, 4.69) is 0 Å². The van der Waals surface area contributed by atoms with Gasteiger partial charge >= 0.3 is 5.97 Å². The summed E-state index contributed by atoms with van der Waals surface area (Å²) < 4.78 is 15.8. The van der Waals surface area contributed by atoms with Gasteiger partial charge in [-0.2, -0.15) is 0 Å². The lowest BCUT2D eigenvalue weighted by molar-refractivity contribution is -0.141. The van der Waals surface area contributed by atoms with Crippen molar-refractivity contribution in [2.45, 2.75) is 31.8 Å². The first kappa shape index (κ1) is 20.5. The van der Waals surface area contributed by atoms with E-state index in [-0.39, 0.29) is 17.8 Å². The molecule has 1 N–H and O–H groups in total. The highest BCUT2D eigenvalue weighted by atomic mass is 16.6. The van der Waals surface area contributed by atoms with Crippen LogP contribution in [0.3, 0.4) is 0 Å². The highest BCUT2D eigenvalue weighted by Crippen LogP contribution is 2.28. The quantitative estimate of drug-likeness (QED) is 0.515. The fourth-order valence-electron chi connectivity index (χ4n) is 3.35. The third-order valence-electron chi connectivity index (χ3n) is 4.94. The molecule has 0 spiro atoms. The lowest BCUT2D eigenvalue weighted by atomic mass is 9.99. The average molecular weight is 396 g/mol. The Balaban J connectivity index is 1.66. The van der Waals surface area contributed by atoms with Gasteiger partial charge in [0, 0.05) is 6.42 Å². The summed E-state index contributed by atoms with van der Waals surface area (Å²) >= 11 is 0. The summed E-state index contributed by atoms with van der Waals surface area (Å²) in [5.74, 6) is -0.195. The molecule has 0 fully saturated rings. The van der Waals surface area contributed by atoms with Crippen LogP contribution in [-0.2, 0) is 27.2 Å². The van der Waals surface area contributed by atoms with Crippen molar-refractivity contribution in [3.63, 3.8) is 0 Å². The van der Waals surface area contributed by atoms with Crippen LogP contribution < -0.4 is 9.47 Å². The number of methoxy groups -OCH3 is 2. The van der Waals surface area contributed by atoms with Crippen LogP contribution in [-0.4, -0.2) is 37.2 Å². The number of cyclic esters (lactones) is 1. The van der Waals surface area contributed by atoms with Crippen molar-refractivity contribution in [3.8, 4) is 11.5 Å². The molecule has 0 aliphatic carbocycles. The molecule has 29 heavy (non-hydrogen) atoms. The monoisotopic (exact) mass is 396 g/mol. The van der Waals surface area contributed by atoms with Gasteiger partial charge in [-0.15, -0.1) is 0 Å². The van der Waals surface area contributed by atoms with Crippen molar-refractivity contribution in [1.82, 2.24) is 0 Å². The van der Waals surface area contributed by atoms with Crippen LogP contribution in [0.2, 0.25) is 0 Å². The van der Waals surface area contributed by atoms with E-state index >= 15 is 0 Å². The highest BCUT2D eigenvalue weighted by molar-refractivity contribution is 6.19. The minimum atomic E-state index is -0.784. The van der Waals surface area contributed by atoms with Crippen LogP contribution in [0.25, 0.3) is 0 Å². The van der Waals surface area contributed by atoms with Crippen molar-refractivity contribution in [3.05, 3.63) is 71.0 Å². The van der Waals surface area contributed by atoms with Gasteiger partial charge < -0.3 is 19.3 Å². The van der Waals surface area contributed by atoms with Crippen molar-refractivity contribution in [2.75, 3.05) is 14.2 Å². The maximum Gasteiger partial charge on any atom is 0.346 e. The fourth-order valence-corrected chi connectivity index (χ4v) is 3.35. The molecule has 0 radical (unpaired) electrons. The van der Waals surface area contributed by atoms with E-state index < -0.39 is 17.9 Å². The number of carbonyl (C=O) groups is 2. The Kier molecular flexibility index (Phi) is 6.54. The molecule has 6 heteroatoms. The zero-order chi connectivity index (χ0) is 20.8. The third kappa shape index (κ3) is 4.77. The lowest BCUT2D eigenvalue weighted by Crippen LogP contribution is -2.13. The molecule has 1 aliphatic heterocycles. The van der Waals surface area contributed by atoms with E-state index in [4.69, 9.17) is 14.2 Å². The first-order valence-corrected chi connectivity index (χ1v) is 9.45. The minimum absolute atomic E-state index is 0.0451. The Morgan fingerprint density at radius 3 is 2.52 bits per heavy atom. The second-order valence-corrected chi connectivity index (χ2v) is 6.78. The van der Waals surface area contributed by atoms with Gasteiger partial charge in [-0.05, 0) is 48.6 Å². The topological polar surface area (TPSA) is 82.1 Å². The Labute approximate surface area is 169 Å². The summed E-state index contributed by atoms with van der Waals surface area (Å²) in [4.78, 5) is 24.8. The summed E-state index contributed by atoms with van der Waals surface area (Å²) in [5, 5.41) is 10.4. The molecule has 1 atom stereocenters. The van der Waals surface area contributed by atoms with Crippen LogP contribution >= 0.6 is 0 Å². The zero-order valence-electron chi connectivity index (χ0n) is 16.5. The molecule has 0 amide bonds. The molecule has 1 aliphatic rings. The van der Waals surface area contributed by atoms with Gasteiger partial charge in [0.05, 0.1) is 14.2 Å². The minimum Gasteiger partial charge on any atom is -0.507 e. The molecule has 3 rings (SSSR count). The first-order chi connectivity index (χ1) is 14.0. The summed E-state index contributed by atoms with van der Waals surface area (Å²) in [6, 6.07) is 15.0. The van der Waals surface area contributed by atoms with Crippen molar-refractivity contribution < 1.29 is 28.9 Å². The average Bonchev–Trinajstić information content (AvgIpc) is 3.04. The number of aliphatic hydroxyl groups is 1. The van der Waals surface area contributed by atoms with Gasteiger partial charge in [0.25, 0.3) is 0 Å². The second kappa shape index (κ2) is 9.28. The summed E-state index contributed by atoms with van der Waals surface area (Å²) in [5.41, 5.74) is 1.61. The van der Waals surface area contributed by atoms with E-state index in [0.29, 0.717) is 30.8 Å². The van der Waals surface area contributed by atoms with Gasteiger partial charge in [-0.25, -0.2) is 4.79 Å². The van der Waals surface area contributed by atoms with E-state index in [1.165, 1.54) is 0 Å². The maximum absolute atomic E-state index is 12.6. The number of aryl methyl sites for hydroxylation is 2. The normalized spacial score (nSPS) is 15.9. The van der Waals surface area contributed by atoms with Gasteiger partial charge in [0.1, 0.15) is 17.1 Å². The largest absolute Gasteiger partial charge is 0.507 e. The number of aliphatic hydroxyl groups excluding tert-OH is 1. The summed E-state index contributed by atoms with van der Waals surface area (Å²) in [6.07, 6.45) is 0.655. The van der Waals surface area contributed by atoms with Gasteiger partial charge in [-0.3, -0.25) is 4.79 Å². The number of rotatable bonds is 9. The first-order valence-electron chi connectivity index (χ1n) is 9.45. The number of benzene rings is 2. The second-order valence-electron chi connectivity index (χ2n) is 6.78. The maximum atomic E-state index is 12.6. The molecule has 2 aromatic rings. The molecule has 0 saturated heterocycles. The van der Waals surface area contributed by atoms with Crippen LogP contribution in [0, 0.1) is 0 Å². The highest BCUT2D eigenvalue weighted by Gasteiger charge is 2.37. The number of carbonyl (C=O) groups excluding carboxylic acids is 2. The Morgan fingerprint density at radius 2 is 1.83 bits per heavy atom. The SMILES string of the molecule is COc1ccc(OC)c(CCC(=O)C2=C(O)C(CCc3ccccc3)OC2=O)c1. The molecule has 0 saturated carbocycles. The number of ether oxygens (including phenoxy) is 3. The smallest absolute Gasteiger partial charge is 0.346 e. The fraction of sp³-hybridized carbons (Fsp3) is 0.304. The standard InChI is InChI=1S/C23H24O6/c1-27-17-10-13-19(28-2)16(14-17)9-11-18(24)21-22(25)20(29-23(21)26)12-8-15-6-4-3-5-7-15/h3-7,10,13-14,20,25H,8-9,11-12H2,1-2H3. The number of esters is 1. The molecule has 152 valence electrons. The lowest BCUT2D eigenvalue weighted by Gasteiger charge is -2.10. The van der Waals surface area contributed by atoms with Crippen LogP contribution in [0.15, 0.2) is 59.9 Å². The Bertz CT molecular complexity index is 916. The van der Waals surface area contributed by atoms with E-state index in [9.17, 15) is 14.7 Å². The van der Waals surface area contributed by atoms with Crippen molar-refractivity contribution >= 4 is 11.8 Å². The van der Waals surface area contributed by atoms with Crippen molar-refractivity contribution in [2.24, 2.45) is 0 Å². The molecule has 0 aromatic heterocycles. The molecule has 0 bridgehead atoms. The number of Topliss-reactive ketones (excluding diaryl/α,β-unsaturated/α-hetero) is 1. The molecular formula is C23H24O6. The van der Waals surface area contributed by atoms with Gasteiger partial charge in [-0.1, -0.05) is 30.3 Å². The van der Waals surface area contributed by atoms with E-state index in [0.717, 1.165) is 11.1 Å². The molecule has 2 aromatic carbocycles. The Hall–Kier alpha value is -3.28. The van der Waals surface area contributed by atoms with Gasteiger partial charge in [0.15, 0.2) is 17.6 Å². The predicted molar refractivity (Wildman–Crippen MR) is 107 cm³/mol. The molecular weight excluding hydrogens is 372 g/mol. The summed E-state index contributed by atoms with van der Waals surface area (Å²) in [7, 11) is 3.11. The number of hydrogen-bond donors (Lipinski definition) is 1. The number of hydrogen-bond acceptors (Lipinski definition) is 6. The molecule has 1 unspecified atom stereocenters. The van der Waals surface area contributed by atoms with Crippen LogP contribution in [0.1, 0.15) is 24.0 Å². The van der Waals surface area contributed by atoms with Gasteiger partial charge in [0.2, 0.25) is 0 Å². The number of ketones is 1. The summed E-state index contributed by atoms with van der Waals surface area (Å²) in [6.45, 7) is 0. The van der Waals surface area contributed by atoms with E-state index in [1.54, 1.807) is 32.4 Å². The van der Waals surface area contributed by atoms with Crippen molar-refractivity contribution in [1.29, 1.82) is 0 Å². The van der Waals surface area contributed by atoms with Crippen LogP contribution in [0.5, 0.6) is 11.5 Å².